The molecule has 0 saturated heterocycles. The average molecular weight is 420 g/mol. The van der Waals surface area contributed by atoms with Crippen LogP contribution in [0, 0.1) is 5.41 Å². The first-order chi connectivity index (χ1) is 15.1. The molecule has 1 heterocycles. The van der Waals surface area contributed by atoms with Gasteiger partial charge in [-0.05, 0) is 5.56 Å². The highest BCUT2D eigenvalue weighted by atomic mass is 16.5. The molecule has 0 bridgehead atoms. The van der Waals surface area contributed by atoms with Gasteiger partial charge in [0.25, 0.3) is 0 Å². The normalized spacial score (nSPS) is 12.0. The van der Waals surface area contributed by atoms with E-state index < -0.39 is 6.04 Å². The Bertz CT molecular complexity index is 1050. The van der Waals surface area contributed by atoms with Crippen LogP contribution in [-0.2, 0) is 0 Å². The first-order valence-corrected chi connectivity index (χ1v) is 9.52. The van der Waals surface area contributed by atoms with Gasteiger partial charge in [0.2, 0.25) is 0 Å². The summed E-state index contributed by atoms with van der Waals surface area (Å²) in [5.74, 6) is 0.928. The summed E-state index contributed by atoms with van der Waals surface area (Å²) in [5, 5.41) is 17.7. The molecule has 160 valence electrons. The van der Waals surface area contributed by atoms with Gasteiger partial charge in [0.05, 0.1) is 19.8 Å². The summed E-state index contributed by atoms with van der Waals surface area (Å²) in [7, 11) is 4.83. The SMILES string of the molecule is CN/C=C(\C=N)c1nocc1C(=O)C(Nc1cc(OC)cc(OC)c1)c1ccccc1. The van der Waals surface area contributed by atoms with Crippen molar-refractivity contribution in [1.29, 1.82) is 5.41 Å². The van der Waals surface area contributed by atoms with Gasteiger partial charge in [0.1, 0.15) is 29.5 Å². The number of ether oxygens (including phenoxy) is 2. The number of carbonyl (C=O) groups is 1. The molecule has 0 saturated carbocycles. The zero-order valence-electron chi connectivity index (χ0n) is 17.5. The number of hydrogen-bond donors (Lipinski definition) is 3. The van der Waals surface area contributed by atoms with E-state index in [1.807, 2.05) is 30.3 Å². The number of anilines is 1. The number of ketones is 1. The molecular weight excluding hydrogens is 396 g/mol. The number of rotatable bonds is 10. The molecule has 1 unspecified atom stereocenters. The molecule has 1 atom stereocenters. The highest BCUT2D eigenvalue weighted by Crippen LogP contribution is 2.31. The topological polar surface area (TPSA) is 109 Å². The molecule has 3 aromatic rings. The molecule has 0 aliphatic carbocycles. The predicted molar refractivity (Wildman–Crippen MR) is 119 cm³/mol. The minimum absolute atomic E-state index is 0.256. The average Bonchev–Trinajstić information content (AvgIpc) is 3.30. The molecule has 8 nitrogen and oxygen atoms in total. The summed E-state index contributed by atoms with van der Waals surface area (Å²) >= 11 is 0. The van der Waals surface area contributed by atoms with E-state index in [9.17, 15) is 4.79 Å². The molecule has 31 heavy (non-hydrogen) atoms. The lowest BCUT2D eigenvalue weighted by atomic mass is 9.95. The zero-order valence-corrected chi connectivity index (χ0v) is 17.5. The van der Waals surface area contributed by atoms with Gasteiger partial charge >= 0.3 is 0 Å². The summed E-state index contributed by atoms with van der Waals surface area (Å²) in [6.45, 7) is 0. The Kier molecular flexibility index (Phi) is 7.05. The van der Waals surface area contributed by atoms with E-state index in [0.29, 0.717) is 28.5 Å². The fourth-order valence-electron chi connectivity index (χ4n) is 3.11. The maximum absolute atomic E-state index is 13.6. The second-order valence-corrected chi connectivity index (χ2v) is 6.56. The van der Waals surface area contributed by atoms with Crippen LogP contribution in [0.5, 0.6) is 11.5 Å². The zero-order chi connectivity index (χ0) is 22.2. The van der Waals surface area contributed by atoms with Crippen LogP contribution in [0.1, 0.15) is 27.7 Å². The van der Waals surface area contributed by atoms with Crippen molar-refractivity contribution >= 4 is 23.3 Å². The van der Waals surface area contributed by atoms with Crippen LogP contribution in [0.25, 0.3) is 5.57 Å². The maximum Gasteiger partial charge on any atom is 0.195 e. The number of Topliss-reactive ketones (excluding diaryl/α,β-unsaturated/α-hetero) is 1. The number of carbonyl (C=O) groups excluding carboxylic acids is 1. The van der Waals surface area contributed by atoms with Crippen molar-refractivity contribution in [3.63, 3.8) is 0 Å². The lowest BCUT2D eigenvalue weighted by molar-refractivity contribution is 0.0968. The molecule has 8 heteroatoms. The van der Waals surface area contributed by atoms with Crippen molar-refractivity contribution in [2.24, 2.45) is 0 Å². The van der Waals surface area contributed by atoms with E-state index in [1.54, 1.807) is 45.7 Å². The van der Waals surface area contributed by atoms with Crippen molar-refractivity contribution < 1.29 is 18.8 Å². The Morgan fingerprint density at radius 2 is 1.81 bits per heavy atom. The minimum Gasteiger partial charge on any atom is -0.497 e. The van der Waals surface area contributed by atoms with Crippen molar-refractivity contribution in [1.82, 2.24) is 10.5 Å². The molecule has 0 fully saturated rings. The monoisotopic (exact) mass is 420 g/mol. The highest BCUT2D eigenvalue weighted by molar-refractivity contribution is 6.13. The first-order valence-electron chi connectivity index (χ1n) is 9.52. The third-order valence-corrected chi connectivity index (χ3v) is 4.62. The van der Waals surface area contributed by atoms with Gasteiger partial charge in [0.15, 0.2) is 5.78 Å². The quantitative estimate of drug-likeness (QED) is 0.337. The van der Waals surface area contributed by atoms with E-state index in [2.05, 4.69) is 15.8 Å². The summed E-state index contributed by atoms with van der Waals surface area (Å²) in [6, 6.07) is 13.9. The second-order valence-electron chi connectivity index (χ2n) is 6.56. The van der Waals surface area contributed by atoms with Gasteiger partial charge in [-0.15, -0.1) is 0 Å². The molecule has 2 aromatic carbocycles. The summed E-state index contributed by atoms with van der Waals surface area (Å²) in [4.78, 5) is 13.6. The number of nitrogens with zero attached hydrogens (tertiary/aromatic N) is 1. The van der Waals surface area contributed by atoms with E-state index in [-0.39, 0.29) is 11.3 Å². The van der Waals surface area contributed by atoms with E-state index in [0.717, 1.165) is 11.8 Å². The Morgan fingerprint density at radius 3 is 2.39 bits per heavy atom. The fraction of sp³-hybridized carbons (Fsp3) is 0.174. The van der Waals surface area contributed by atoms with Crippen LogP contribution < -0.4 is 20.1 Å². The Morgan fingerprint density at radius 1 is 1.13 bits per heavy atom. The van der Waals surface area contributed by atoms with Crippen LogP contribution in [-0.4, -0.2) is 38.4 Å². The fourth-order valence-corrected chi connectivity index (χ4v) is 3.11. The summed E-state index contributed by atoms with van der Waals surface area (Å²) in [5.41, 5.74) is 2.39. The van der Waals surface area contributed by atoms with E-state index in [1.165, 1.54) is 6.26 Å². The number of methoxy groups -OCH3 is 2. The van der Waals surface area contributed by atoms with Crippen LogP contribution in [0.4, 0.5) is 5.69 Å². The number of nitrogens with one attached hydrogen (secondary N) is 3. The lowest BCUT2D eigenvalue weighted by Crippen LogP contribution is -2.22. The van der Waals surface area contributed by atoms with Crippen molar-refractivity contribution in [3.05, 3.63) is 77.8 Å². The maximum atomic E-state index is 13.6. The first kappa shape index (κ1) is 21.6. The van der Waals surface area contributed by atoms with Crippen molar-refractivity contribution in [2.75, 3.05) is 26.6 Å². The number of allylic oxidation sites excluding steroid dienone is 1. The molecule has 3 N–H and O–H groups in total. The molecule has 0 amide bonds. The standard InChI is InChI=1S/C23H24N4O4/c1-25-13-16(12-24)21-20(14-31-27-21)23(28)22(15-7-5-4-6-8-15)26-17-9-18(29-2)11-19(10-17)30-3/h4-14,22,24-26H,1-3H3/b16-13+,24-12?. The molecule has 1 aromatic heterocycles. The van der Waals surface area contributed by atoms with E-state index >= 15 is 0 Å². The molecule has 0 aliphatic heterocycles. The second kappa shape index (κ2) is 10.1. The van der Waals surface area contributed by atoms with Crippen LogP contribution in [0.2, 0.25) is 0 Å². The predicted octanol–water partition coefficient (Wildman–Crippen LogP) is 3.94. The van der Waals surface area contributed by atoms with Crippen LogP contribution in [0.15, 0.2) is 65.5 Å². The lowest BCUT2D eigenvalue weighted by Gasteiger charge is -2.20. The highest BCUT2D eigenvalue weighted by Gasteiger charge is 2.27. The van der Waals surface area contributed by atoms with Gasteiger partial charge in [-0.25, -0.2) is 0 Å². The molecule has 0 radical (unpaired) electrons. The number of aromatic nitrogens is 1. The third-order valence-electron chi connectivity index (χ3n) is 4.62. The van der Waals surface area contributed by atoms with Gasteiger partial charge in [0, 0.05) is 48.9 Å². The smallest absolute Gasteiger partial charge is 0.195 e. The van der Waals surface area contributed by atoms with E-state index in [4.69, 9.17) is 19.4 Å². The third kappa shape index (κ3) is 4.92. The van der Waals surface area contributed by atoms with Gasteiger partial charge < -0.3 is 30.0 Å². The van der Waals surface area contributed by atoms with Crippen molar-refractivity contribution in [3.8, 4) is 11.5 Å². The Balaban J connectivity index is 2.04. The van der Waals surface area contributed by atoms with Crippen molar-refractivity contribution in [2.45, 2.75) is 6.04 Å². The summed E-state index contributed by atoms with van der Waals surface area (Å²) < 4.78 is 15.8. The van der Waals surface area contributed by atoms with Gasteiger partial charge in [-0.2, -0.15) is 0 Å². The minimum atomic E-state index is -0.738. The molecule has 0 aliphatic rings. The van der Waals surface area contributed by atoms with Gasteiger partial charge in [-0.3, -0.25) is 4.79 Å². The Labute approximate surface area is 180 Å². The molecule has 3 rings (SSSR count). The largest absolute Gasteiger partial charge is 0.497 e. The number of benzene rings is 2. The van der Waals surface area contributed by atoms with Crippen LogP contribution >= 0.6 is 0 Å². The summed E-state index contributed by atoms with van der Waals surface area (Å²) in [6.07, 6.45) is 4.00. The molecule has 0 spiro atoms. The Hall–Kier alpha value is -4.07. The molecular formula is C23H24N4O4. The number of hydrogen-bond acceptors (Lipinski definition) is 8. The van der Waals surface area contributed by atoms with Gasteiger partial charge in [-0.1, -0.05) is 35.5 Å². The van der Waals surface area contributed by atoms with Crippen LogP contribution in [0.3, 0.4) is 0 Å².